The third-order valence-corrected chi connectivity index (χ3v) is 3.70. The molecule has 0 unspecified atom stereocenters. The average molecular weight is 347 g/mol. The first-order valence-electron chi connectivity index (χ1n) is 7.70. The number of hydrogen-bond acceptors (Lipinski definition) is 5. The molecule has 6 heteroatoms. The normalized spacial score (nSPS) is 10.8. The van der Waals surface area contributed by atoms with Gasteiger partial charge >= 0.3 is 0 Å². The minimum absolute atomic E-state index is 0.0105. The molecule has 0 saturated heterocycles. The average Bonchev–Trinajstić information content (AvgIpc) is 3.14. The van der Waals surface area contributed by atoms with Crippen molar-refractivity contribution < 1.29 is 18.9 Å². The number of carbonyl (C=O) groups excluding carboxylic acids is 2. The van der Waals surface area contributed by atoms with Crippen molar-refractivity contribution in [3.63, 3.8) is 0 Å². The SMILES string of the molecule is O=Cc1ccc(C=Cc2ccc([N+](=O)[O-])c(C(=O)c3ccccc3)c2)o1. The van der Waals surface area contributed by atoms with Gasteiger partial charge < -0.3 is 4.42 Å². The topological polar surface area (TPSA) is 90.4 Å². The Morgan fingerprint density at radius 3 is 2.35 bits per heavy atom. The van der Waals surface area contributed by atoms with E-state index in [4.69, 9.17) is 4.42 Å². The summed E-state index contributed by atoms with van der Waals surface area (Å²) >= 11 is 0. The minimum Gasteiger partial charge on any atom is -0.454 e. The largest absolute Gasteiger partial charge is 0.454 e. The number of aldehydes is 1. The molecule has 0 atom stereocenters. The smallest absolute Gasteiger partial charge is 0.280 e. The molecular formula is C20H13NO5. The van der Waals surface area contributed by atoms with Crippen LogP contribution >= 0.6 is 0 Å². The van der Waals surface area contributed by atoms with Crippen LogP contribution in [-0.2, 0) is 0 Å². The lowest BCUT2D eigenvalue weighted by Gasteiger charge is -2.04. The molecule has 26 heavy (non-hydrogen) atoms. The summed E-state index contributed by atoms with van der Waals surface area (Å²) in [5.41, 5.74) is 0.728. The van der Waals surface area contributed by atoms with E-state index in [9.17, 15) is 19.7 Å². The van der Waals surface area contributed by atoms with Gasteiger partial charge in [-0.05, 0) is 35.9 Å². The summed E-state index contributed by atoms with van der Waals surface area (Å²) in [6.07, 6.45) is 3.86. The molecular weight excluding hydrogens is 334 g/mol. The molecule has 0 fully saturated rings. The maximum Gasteiger partial charge on any atom is 0.280 e. The molecule has 0 radical (unpaired) electrons. The zero-order chi connectivity index (χ0) is 18.5. The van der Waals surface area contributed by atoms with Crippen molar-refractivity contribution in [3.8, 4) is 0 Å². The Bertz CT molecular complexity index is 1000. The van der Waals surface area contributed by atoms with Gasteiger partial charge in [-0.15, -0.1) is 0 Å². The first kappa shape index (κ1) is 17.0. The van der Waals surface area contributed by atoms with Gasteiger partial charge in [-0.2, -0.15) is 0 Å². The molecule has 0 N–H and O–H groups in total. The highest BCUT2D eigenvalue weighted by molar-refractivity contribution is 6.11. The standard InChI is InChI=1S/C20H13NO5/c22-13-17-10-9-16(26-17)8-6-14-7-11-19(21(24)25)18(12-14)20(23)15-4-2-1-3-5-15/h1-13H. The number of nitro benzene ring substituents is 1. The zero-order valence-electron chi connectivity index (χ0n) is 13.5. The van der Waals surface area contributed by atoms with E-state index in [-0.39, 0.29) is 17.0 Å². The molecule has 128 valence electrons. The summed E-state index contributed by atoms with van der Waals surface area (Å²) in [6.45, 7) is 0. The summed E-state index contributed by atoms with van der Waals surface area (Å²) in [7, 11) is 0. The van der Waals surface area contributed by atoms with Crippen LogP contribution in [0.15, 0.2) is 65.1 Å². The number of nitrogens with zero attached hydrogens (tertiary/aromatic N) is 1. The van der Waals surface area contributed by atoms with E-state index in [1.54, 1.807) is 54.6 Å². The molecule has 0 aliphatic heterocycles. The van der Waals surface area contributed by atoms with Crippen LogP contribution in [0.4, 0.5) is 5.69 Å². The number of benzene rings is 2. The predicted octanol–water partition coefficient (Wildman–Crippen LogP) is 4.40. The van der Waals surface area contributed by atoms with Crippen LogP contribution < -0.4 is 0 Å². The van der Waals surface area contributed by atoms with Crippen molar-refractivity contribution >= 4 is 29.9 Å². The quantitative estimate of drug-likeness (QED) is 0.285. The highest BCUT2D eigenvalue weighted by Crippen LogP contribution is 2.24. The van der Waals surface area contributed by atoms with E-state index in [1.165, 1.54) is 18.2 Å². The van der Waals surface area contributed by atoms with E-state index < -0.39 is 10.7 Å². The van der Waals surface area contributed by atoms with Crippen LogP contribution in [0.3, 0.4) is 0 Å². The molecule has 3 aromatic rings. The lowest BCUT2D eigenvalue weighted by atomic mass is 9.99. The van der Waals surface area contributed by atoms with E-state index >= 15 is 0 Å². The van der Waals surface area contributed by atoms with E-state index in [1.807, 2.05) is 0 Å². The second-order valence-electron chi connectivity index (χ2n) is 5.42. The third kappa shape index (κ3) is 3.64. The summed E-state index contributed by atoms with van der Waals surface area (Å²) in [6, 6.07) is 15.9. The molecule has 0 aliphatic rings. The first-order chi connectivity index (χ1) is 12.6. The molecule has 1 heterocycles. The minimum atomic E-state index is -0.577. The lowest BCUT2D eigenvalue weighted by molar-refractivity contribution is -0.385. The van der Waals surface area contributed by atoms with Crippen LogP contribution in [0.2, 0.25) is 0 Å². The molecule has 0 bridgehead atoms. The van der Waals surface area contributed by atoms with Crippen molar-refractivity contribution in [1.29, 1.82) is 0 Å². The van der Waals surface area contributed by atoms with Gasteiger partial charge in [0.1, 0.15) is 11.3 Å². The molecule has 0 saturated carbocycles. The number of hydrogen-bond donors (Lipinski definition) is 0. The van der Waals surface area contributed by atoms with Crippen molar-refractivity contribution in [1.82, 2.24) is 0 Å². The maximum absolute atomic E-state index is 12.7. The fourth-order valence-electron chi connectivity index (χ4n) is 2.44. The molecule has 2 aromatic carbocycles. The monoisotopic (exact) mass is 347 g/mol. The third-order valence-electron chi connectivity index (χ3n) is 3.70. The van der Waals surface area contributed by atoms with Gasteiger partial charge in [-0.1, -0.05) is 36.4 Å². The Labute approximate surface area is 148 Å². The number of furan rings is 1. The van der Waals surface area contributed by atoms with Crippen LogP contribution in [0, 0.1) is 10.1 Å². The number of carbonyl (C=O) groups is 2. The Morgan fingerprint density at radius 1 is 0.962 bits per heavy atom. The van der Waals surface area contributed by atoms with Crippen LogP contribution in [0.5, 0.6) is 0 Å². The Morgan fingerprint density at radius 2 is 1.69 bits per heavy atom. The Kier molecular flexibility index (Phi) is 4.85. The summed E-state index contributed by atoms with van der Waals surface area (Å²) in [5.74, 6) is 0.239. The van der Waals surface area contributed by atoms with Gasteiger partial charge in [0.15, 0.2) is 17.8 Å². The molecule has 6 nitrogen and oxygen atoms in total. The molecule has 1 aromatic heterocycles. The lowest BCUT2D eigenvalue weighted by Crippen LogP contribution is -2.05. The van der Waals surface area contributed by atoms with Crippen molar-refractivity contribution in [2.24, 2.45) is 0 Å². The summed E-state index contributed by atoms with van der Waals surface area (Å²) in [4.78, 5) is 34.0. The highest BCUT2D eigenvalue weighted by Gasteiger charge is 2.21. The maximum atomic E-state index is 12.7. The fourth-order valence-corrected chi connectivity index (χ4v) is 2.44. The van der Waals surface area contributed by atoms with Crippen molar-refractivity contribution in [2.45, 2.75) is 0 Å². The first-order valence-corrected chi connectivity index (χ1v) is 7.70. The molecule has 0 spiro atoms. The number of nitro groups is 1. The fraction of sp³-hybridized carbons (Fsp3) is 0. The van der Waals surface area contributed by atoms with Gasteiger partial charge in [0.05, 0.1) is 4.92 Å². The second kappa shape index (κ2) is 7.40. The van der Waals surface area contributed by atoms with Crippen molar-refractivity contribution in [2.75, 3.05) is 0 Å². The van der Waals surface area contributed by atoms with Crippen molar-refractivity contribution in [3.05, 3.63) is 99.0 Å². The second-order valence-corrected chi connectivity index (χ2v) is 5.42. The molecule has 0 aliphatic carbocycles. The number of ketones is 1. The van der Waals surface area contributed by atoms with Gasteiger partial charge in [0, 0.05) is 11.6 Å². The molecule has 0 amide bonds. The van der Waals surface area contributed by atoms with Crippen LogP contribution in [-0.4, -0.2) is 17.0 Å². The van der Waals surface area contributed by atoms with E-state index in [0.29, 0.717) is 23.2 Å². The van der Waals surface area contributed by atoms with Gasteiger partial charge in [0.2, 0.25) is 0 Å². The van der Waals surface area contributed by atoms with Crippen LogP contribution in [0.25, 0.3) is 12.2 Å². The zero-order valence-corrected chi connectivity index (χ0v) is 13.5. The predicted molar refractivity (Wildman–Crippen MR) is 96.0 cm³/mol. The van der Waals surface area contributed by atoms with Gasteiger partial charge in [0.25, 0.3) is 5.69 Å². The van der Waals surface area contributed by atoms with E-state index in [0.717, 1.165) is 0 Å². The Balaban J connectivity index is 1.97. The van der Waals surface area contributed by atoms with E-state index in [2.05, 4.69) is 0 Å². The van der Waals surface area contributed by atoms with Crippen LogP contribution in [0.1, 0.15) is 37.8 Å². The highest BCUT2D eigenvalue weighted by atomic mass is 16.6. The molecule has 3 rings (SSSR count). The summed E-state index contributed by atoms with van der Waals surface area (Å²) in [5, 5.41) is 11.3. The van der Waals surface area contributed by atoms with Gasteiger partial charge in [-0.25, -0.2) is 0 Å². The number of rotatable bonds is 6. The van der Waals surface area contributed by atoms with Gasteiger partial charge in [-0.3, -0.25) is 19.7 Å². The Hall–Kier alpha value is -3.80. The summed E-state index contributed by atoms with van der Waals surface area (Å²) < 4.78 is 5.23.